The highest BCUT2D eigenvalue weighted by Crippen LogP contribution is 2.26. The Hall–Kier alpha value is -3.98. The van der Waals surface area contributed by atoms with Crippen LogP contribution in [0.15, 0.2) is 76.3 Å². The average Bonchev–Trinajstić information content (AvgIpc) is 2.96. The lowest BCUT2D eigenvalue weighted by Crippen LogP contribution is -2.34. The molecule has 0 amide bonds. The maximum Gasteiger partial charge on any atom is 0.250 e. The van der Waals surface area contributed by atoms with E-state index in [1.807, 2.05) is 60.7 Å². The van der Waals surface area contributed by atoms with Gasteiger partial charge in [0.05, 0.1) is 6.21 Å². The van der Waals surface area contributed by atoms with Crippen molar-refractivity contribution in [2.45, 2.75) is 40.2 Å². The van der Waals surface area contributed by atoms with Crippen molar-refractivity contribution in [2.75, 3.05) is 28.7 Å². The molecule has 2 heterocycles. The second-order valence-electron chi connectivity index (χ2n) is 10.2. The first-order valence-electron chi connectivity index (χ1n) is 13.5. The zero-order chi connectivity index (χ0) is 27.9. The van der Waals surface area contributed by atoms with Crippen molar-refractivity contribution in [1.29, 1.82) is 0 Å². The third kappa shape index (κ3) is 7.15. The summed E-state index contributed by atoms with van der Waals surface area (Å²) < 4.78 is 7.03. The number of benzene rings is 3. The molecule has 1 saturated heterocycles. The van der Waals surface area contributed by atoms with Gasteiger partial charge in [-0.1, -0.05) is 65.3 Å². The van der Waals surface area contributed by atoms with Crippen LogP contribution >= 0.6 is 15.9 Å². The molecule has 1 aliphatic heterocycles. The lowest BCUT2D eigenvalue weighted by Gasteiger charge is -2.30. The number of aryl methyl sites for hydroxylation is 1. The lowest BCUT2D eigenvalue weighted by molar-refractivity contribution is 0.306. The quantitative estimate of drug-likeness (QED) is 0.155. The van der Waals surface area contributed by atoms with Crippen LogP contribution in [0.3, 0.4) is 0 Å². The Bertz CT molecular complexity index is 1470. The fraction of sp³-hybridized carbons (Fsp3) is 0.290. The van der Waals surface area contributed by atoms with E-state index in [4.69, 9.17) is 14.7 Å². The average molecular weight is 601 g/mol. The van der Waals surface area contributed by atoms with Crippen LogP contribution in [0.2, 0.25) is 0 Å². The summed E-state index contributed by atoms with van der Waals surface area (Å²) in [6.07, 6.45) is 3.94. The summed E-state index contributed by atoms with van der Waals surface area (Å²) in [5, 5.41) is 7.86. The number of hydrogen-bond donors (Lipinski definition) is 2. The molecule has 1 aromatic heterocycles. The SMILES string of the molecule is Cc1cccc(Nc2nc(N/N=C/c3cc(Br)ccc3OCc3ccccc3)nc(N3CCC(C)CC3)n2)c1C. The number of anilines is 4. The molecule has 5 rings (SSSR count). The van der Waals surface area contributed by atoms with Gasteiger partial charge in [0.15, 0.2) is 0 Å². The number of rotatable bonds is 9. The van der Waals surface area contributed by atoms with Gasteiger partial charge in [-0.2, -0.15) is 20.1 Å². The van der Waals surface area contributed by atoms with E-state index >= 15 is 0 Å². The molecule has 2 N–H and O–H groups in total. The van der Waals surface area contributed by atoms with Crippen molar-refractivity contribution in [1.82, 2.24) is 15.0 Å². The van der Waals surface area contributed by atoms with Crippen LogP contribution in [-0.4, -0.2) is 34.3 Å². The monoisotopic (exact) mass is 599 g/mol. The van der Waals surface area contributed by atoms with Gasteiger partial charge in [0.25, 0.3) is 0 Å². The minimum absolute atomic E-state index is 0.370. The van der Waals surface area contributed by atoms with E-state index in [-0.39, 0.29) is 0 Å². The Morgan fingerprint density at radius 1 is 0.975 bits per heavy atom. The standard InChI is InChI=1S/C31H34BrN7O/c1-21-14-16-39(17-15-21)31-36-29(34-27-11-7-8-22(2)23(27)3)35-30(37-31)38-33-19-25-18-26(32)12-13-28(25)40-20-24-9-5-4-6-10-24/h4-13,18-19,21H,14-17,20H2,1-3H3,(H2,34,35,36,37,38)/b33-19+. The molecule has 0 radical (unpaired) electrons. The van der Waals surface area contributed by atoms with Gasteiger partial charge in [0.2, 0.25) is 17.8 Å². The van der Waals surface area contributed by atoms with Crippen molar-refractivity contribution in [3.05, 3.63) is 93.5 Å². The molecule has 0 unspecified atom stereocenters. The van der Waals surface area contributed by atoms with Crippen molar-refractivity contribution >= 4 is 45.7 Å². The van der Waals surface area contributed by atoms with Gasteiger partial charge >= 0.3 is 0 Å². The molecule has 8 nitrogen and oxygen atoms in total. The van der Waals surface area contributed by atoms with E-state index in [2.05, 4.69) is 68.5 Å². The smallest absolute Gasteiger partial charge is 0.250 e. The fourth-order valence-corrected chi connectivity index (χ4v) is 4.85. The summed E-state index contributed by atoms with van der Waals surface area (Å²) in [7, 11) is 0. The van der Waals surface area contributed by atoms with Crippen molar-refractivity contribution in [3.63, 3.8) is 0 Å². The van der Waals surface area contributed by atoms with Crippen LogP contribution in [0.5, 0.6) is 5.75 Å². The van der Waals surface area contributed by atoms with E-state index in [0.717, 1.165) is 58.5 Å². The van der Waals surface area contributed by atoms with Gasteiger partial charge in [0.1, 0.15) is 12.4 Å². The topological polar surface area (TPSA) is 87.6 Å². The van der Waals surface area contributed by atoms with Crippen molar-refractivity contribution in [3.8, 4) is 5.75 Å². The molecule has 1 aliphatic rings. The number of halogens is 1. The second kappa shape index (κ2) is 12.9. The van der Waals surface area contributed by atoms with Crippen molar-refractivity contribution in [2.24, 2.45) is 11.0 Å². The molecule has 4 aromatic rings. The number of ether oxygens (including phenoxy) is 1. The predicted molar refractivity (Wildman–Crippen MR) is 166 cm³/mol. The summed E-state index contributed by atoms with van der Waals surface area (Å²) >= 11 is 3.55. The van der Waals surface area contributed by atoms with Crippen LogP contribution in [0.4, 0.5) is 23.5 Å². The minimum Gasteiger partial charge on any atom is -0.488 e. The maximum absolute atomic E-state index is 6.10. The molecule has 1 fully saturated rings. The molecule has 0 spiro atoms. The largest absolute Gasteiger partial charge is 0.488 e. The Morgan fingerprint density at radius 3 is 2.55 bits per heavy atom. The maximum atomic E-state index is 6.10. The molecule has 206 valence electrons. The summed E-state index contributed by atoms with van der Waals surface area (Å²) in [6.45, 7) is 8.77. The van der Waals surface area contributed by atoms with Gasteiger partial charge in [-0.15, -0.1) is 0 Å². The predicted octanol–water partition coefficient (Wildman–Crippen LogP) is 7.26. The number of hydrazone groups is 1. The van der Waals surface area contributed by atoms with E-state index < -0.39 is 0 Å². The number of nitrogens with one attached hydrogen (secondary N) is 2. The van der Waals surface area contributed by atoms with Gasteiger partial charge in [-0.3, -0.25) is 0 Å². The summed E-state index contributed by atoms with van der Waals surface area (Å²) in [5.74, 6) is 2.92. The normalized spacial score (nSPS) is 13.9. The molecule has 0 bridgehead atoms. The van der Waals surface area contributed by atoms with Gasteiger partial charge in [-0.25, -0.2) is 5.43 Å². The van der Waals surface area contributed by atoms with Crippen LogP contribution in [0, 0.1) is 19.8 Å². The second-order valence-corrected chi connectivity index (χ2v) is 11.1. The van der Waals surface area contributed by atoms with Crippen LogP contribution in [0.1, 0.15) is 42.0 Å². The molecular formula is C31H34BrN7O. The molecule has 3 aromatic carbocycles. The Labute approximate surface area is 244 Å². The molecule has 0 aliphatic carbocycles. The Balaban J connectivity index is 1.37. The van der Waals surface area contributed by atoms with Crippen molar-refractivity contribution < 1.29 is 4.74 Å². The number of aromatic nitrogens is 3. The fourth-order valence-electron chi connectivity index (χ4n) is 4.47. The van der Waals surface area contributed by atoms with Gasteiger partial charge < -0.3 is 15.0 Å². The first-order valence-corrected chi connectivity index (χ1v) is 14.3. The Kier molecular flexibility index (Phi) is 8.91. The third-order valence-corrected chi connectivity index (χ3v) is 7.61. The van der Waals surface area contributed by atoms with Gasteiger partial charge in [-0.05, 0) is 73.6 Å². The molecule has 40 heavy (non-hydrogen) atoms. The lowest BCUT2D eigenvalue weighted by atomic mass is 10.00. The van der Waals surface area contributed by atoms with E-state index in [9.17, 15) is 0 Å². The number of nitrogens with zero attached hydrogens (tertiary/aromatic N) is 5. The van der Waals surface area contributed by atoms with Crippen LogP contribution in [-0.2, 0) is 6.61 Å². The van der Waals surface area contributed by atoms with E-state index in [1.54, 1.807) is 6.21 Å². The Morgan fingerprint density at radius 2 is 1.75 bits per heavy atom. The minimum atomic E-state index is 0.370. The first kappa shape index (κ1) is 27.6. The van der Waals surface area contributed by atoms with E-state index in [1.165, 1.54) is 5.56 Å². The highest BCUT2D eigenvalue weighted by atomic mass is 79.9. The zero-order valence-electron chi connectivity index (χ0n) is 23.1. The molecular weight excluding hydrogens is 566 g/mol. The highest BCUT2D eigenvalue weighted by Gasteiger charge is 2.20. The third-order valence-electron chi connectivity index (χ3n) is 7.12. The van der Waals surface area contributed by atoms with Gasteiger partial charge in [0, 0.05) is 28.8 Å². The molecule has 9 heteroatoms. The number of hydrogen-bond acceptors (Lipinski definition) is 8. The summed E-state index contributed by atoms with van der Waals surface area (Å²) in [4.78, 5) is 16.3. The molecule has 0 atom stereocenters. The first-order chi connectivity index (χ1) is 19.4. The molecule has 0 saturated carbocycles. The van der Waals surface area contributed by atoms with Crippen LogP contribution in [0.25, 0.3) is 0 Å². The summed E-state index contributed by atoms with van der Waals surface area (Å²) in [5.41, 5.74) is 8.27. The highest BCUT2D eigenvalue weighted by molar-refractivity contribution is 9.10. The number of piperidine rings is 1. The zero-order valence-corrected chi connectivity index (χ0v) is 24.6. The summed E-state index contributed by atoms with van der Waals surface area (Å²) in [6, 6.07) is 22.1. The van der Waals surface area contributed by atoms with Crippen LogP contribution < -0.4 is 20.4 Å². The van der Waals surface area contributed by atoms with E-state index in [0.29, 0.717) is 30.4 Å².